The Morgan fingerprint density at radius 1 is 1.06 bits per heavy atom. The van der Waals surface area contributed by atoms with Crippen molar-refractivity contribution >= 4 is 5.69 Å². The Morgan fingerprint density at radius 3 is 2.47 bits per heavy atom. The number of hydrogen-bond donors (Lipinski definition) is 1. The molecule has 9 heteroatoms. The van der Waals surface area contributed by atoms with Gasteiger partial charge in [-0.05, 0) is 68.4 Å². The molecule has 0 unspecified atom stereocenters. The Kier molecular flexibility index (Phi) is 4.98. The van der Waals surface area contributed by atoms with E-state index in [-0.39, 0.29) is 11.9 Å². The van der Waals surface area contributed by atoms with Crippen LogP contribution in [0.25, 0.3) is 5.69 Å². The first-order chi connectivity index (χ1) is 15.3. The summed E-state index contributed by atoms with van der Waals surface area (Å²) in [5.41, 5.74) is 2.86. The van der Waals surface area contributed by atoms with Crippen molar-refractivity contribution in [3.8, 4) is 17.3 Å². The van der Waals surface area contributed by atoms with Gasteiger partial charge in [0.2, 0.25) is 5.88 Å². The molecular weight excluding hydrogens is 421 g/mol. The number of halogens is 3. The number of anilines is 1. The molecule has 0 bridgehead atoms. The fraction of sp³-hybridized carbons (Fsp3) is 0.391. The summed E-state index contributed by atoms with van der Waals surface area (Å²) in [7, 11) is 0. The molecule has 2 fully saturated rings. The highest BCUT2D eigenvalue weighted by molar-refractivity contribution is 5.51. The van der Waals surface area contributed by atoms with E-state index in [9.17, 15) is 13.2 Å². The molecule has 32 heavy (non-hydrogen) atoms. The molecule has 1 spiro atoms. The van der Waals surface area contributed by atoms with Crippen LogP contribution in [0.15, 0.2) is 54.9 Å². The van der Waals surface area contributed by atoms with Crippen molar-refractivity contribution in [2.24, 2.45) is 5.41 Å². The minimum Gasteiger partial charge on any atom is -0.474 e. The third-order valence-electron chi connectivity index (χ3n) is 6.29. The lowest BCUT2D eigenvalue weighted by Gasteiger charge is -2.57. The highest BCUT2D eigenvalue weighted by Crippen LogP contribution is 2.57. The van der Waals surface area contributed by atoms with Crippen molar-refractivity contribution in [2.75, 3.05) is 5.32 Å². The summed E-state index contributed by atoms with van der Waals surface area (Å²) in [6, 6.07) is 11.7. The Labute approximate surface area is 183 Å². The van der Waals surface area contributed by atoms with E-state index in [1.165, 1.54) is 12.1 Å². The Morgan fingerprint density at radius 2 is 1.81 bits per heavy atom. The van der Waals surface area contributed by atoms with Gasteiger partial charge in [-0.25, -0.2) is 9.67 Å². The summed E-state index contributed by atoms with van der Waals surface area (Å²) in [5, 5.41) is 7.95. The first-order valence-electron chi connectivity index (χ1n) is 10.5. The van der Waals surface area contributed by atoms with Gasteiger partial charge in [0.25, 0.3) is 0 Å². The first kappa shape index (κ1) is 20.7. The number of aromatic nitrogens is 3. The van der Waals surface area contributed by atoms with Crippen LogP contribution in [-0.4, -0.2) is 33.3 Å². The molecule has 6 nitrogen and oxygen atoms in total. The second-order valence-electron chi connectivity index (χ2n) is 8.66. The fourth-order valence-electron chi connectivity index (χ4n) is 4.82. The monoisotopic (exact) mass is 444 g/mol. The number of nitrogens with one attached hydrogen (secondary N) is 1. The molecule has 0 saturated heterocycles. The van der Waals surface area contributed by atoms with E-state index < -0.39 is 6.36 Å². The topological polar surface area (TPSA) is 61.2 Å². The molecular formula is C23H23F3N4O2. The number of ether oxygens (including phenoxy) is 2. The molecule has 2 aliphatic rings. The number of nitrogens with zero attached hydrogens (tertiary/aromatic N) is 3. The van der Waals surface area contributed by atoms with Crippen LogP contribution in [0.4, 0.5) is 18.9 Å². The van der Waals surface area contributed by atoms with Crippen molar-refractivity contribution in [1.29, 1.82) is 0 Å². The van der Waals surface area contributed by atoms with E-state index in [2.05, 4.69) is 20.1 Å². The number of alkyl halides is 3. The minimum absolute atomic E-state index is 0.236. The van der Waals surface area contributed by atoms with Crippen molar-refractivity contribution in [3.63, 3.8) is 0 Å². The zero-order valence-corrected chi connectivity index (χ0v) is 17.5. The van der Waals surface area contributed by atoms with E-state index in [0.717, 1.165) is 37.1 Å². The fourth-order valence-corrected chi connectivity index (χ4v) is 4.82. The zero-order chi connectivity index (χ0) is 22.3. The van der Waals surface area contributed by atoms with Gasteiger partial charge in [-0.2, -0.15) is 5.10 Å². The maximum atomic E-state index is 12.3. The van der Waals surface area contributed by atoms with E-state index in [1.807, 2.05) is 25.1 Å². The third-order valence-corrected chi connectivity index (χ3v) is 6.29. The van der Waals surface area contributed by atoms with Gasteiger partial charge in [-0.1, -0.05) is 6.07 Å². The molecule has 1 aromatic carbocycles. The average Bonchev–Trinajstić information content (AvgIpc) is 3.05. The average molecular weight is 444 g/mol. The maximum Gasteiger partial charge on any atom is 0.573 e. The van der Waals surface area contributed by atoms with E-state index in [1.54, 1.807) is 29.2 Å². The van der Waals surface area contributed by atoms with E-state index >= 15 is 0 Å². The van der Waals surface area contributed by atoms with Gasteiger partial charge in [0, 0.05) is 18.3 Å². The van der Waals surface area contributed by atoms with E-state index in [4.69, 9.17) is 4.74 Å². The van der Waals surface area contributed by atoms with Gasteiger partial charge in [0.15, 0.2) is 0 Å². The highest BCUT2D eigenvalue weighted by atomic mass is 19.4. The standard InChI is InChI=1S/C23H23F3N4O2/c1-15-20(14-28-30(15)17-5-7-18(8-6-17)32-23(24,25)26)29-16-10-22(11-16)12-19(13-22)31-21-4-2-3-9-27-21/h2-9,14,16,19,29H,10-13H2,1H3. The van der Waals surface area contributed by atoms with Crippen LogP contribution >= 0.6 is 0 Å². The molecule has 3 aromatic rings. The quantitative estimate of drug-likeness (QED) is 0.561. The maximum absolute atomic E-state index is 12.3. The number of benzene rings is 1. The summed E-state index contributed by atoms with van der Waals surface area (Å²) < 4.78 is 48.6. The molecule has 1 N–H and O–H groups in total. The molecule has 2 heterocycles. The lowest BCUT2D eigenvalue weighted by atomic mass is 9.53. The van der Waals surface area contributed by atoms with Gasteiger partial charge in [0.05, 0.1) is 23.3 Å². The van der Waals surface area contributed by atoms with Crippen LogP contribution in [0.2, 0.25) is 0 Å². The van der Waals surface area contributed by atoms with Crippen LogP contribution in [0.5, 0.6) is 11.6 Å². The van der Waals surface area contributed by atoms with Crippen LogP contribution in [0.1, 0.15) is 31.4 Å². The van der Waals surface area contributed by atoms with Gasteiger partial charge in [-0.3, -0.25) is 0 Å². The summed E-state index contributed by atoms with van der Waals surface area (Å²) in [6.45, 7) is 1.93. The molecule has 0 radical (unpaired) electrons. The van der Waals surface area contributed by atoms with Gasteiger partial charge in [-0.15, -0.1) is 13.2 Å². The Balaban J connectivity index is 1.14. The predicted octanol–water partition coefficient (Wildman–Crippen LogP) is 5.28. The predicted molar refractivity (Wildman–Crippen MR) is 112 cm³/mol. The summed E-state index contributed by atoms with van der Waals surface area (Å²) in [4.78, 5) is 4.22. The second kappa shape index (κ2) is 7.72. The van der Waals surface area contributed by atoms with Crippen molar-refractivity contribution < 1.29 is 22.6 Å². The molecule has 168 valence electrons. The summed E-state index contributed by atoms with van der Waals surface area (Å²) in [5.74, 6) is 0.428. The lowest BCUT2D eigenvalue weighted by Crippen LogP contribution is -2.56. The van der Waals surface area contributed by atoms with Crippen LogP contribution in [0.3, 0.4) is 0 Å². The highest BCUT2D eigenvalue weighted by Gasteiger charge is 2.54. The smallest absolute Gasteiger partial charge is 0.474 e. The van der Waals surface area contributed by atoms with Gasteiger partial charge < -0.3 is 14.8 Å². The first-order valence-corrected chi connectivity index (χ1v) is 10.5. The van der Waals surface area contributed by atoms with Gasteiger partial charge >= 0.3 is 6.36 Å². The van der Waals surface area contributed by atoms with Crippen molar-refractivity contribution in [1.82, 2.24) is 14.8 Å². The van der Waals surface area contributed by atoms with Crippen molar-refractivity contribution in [2.45, 2.75) is 51.1 Å². The van der Waals surface area contributed by atoms with Crippen LogP contribution in [-0.2, 0) is 0 Å². The molecule has 2 aliphatic carbocycles. The number of hydrogen-bond acceptors (Lipinski definition) is 5. The molecule has 0 atom stereocenters. The number of rotatable bonds is 6. The van der Waals surface area contributed by atoms with Gasteiger partial charge in [0.1, 0.15) is 11.9 Å². The summed E-state index contributed by atoms with van der Waals surface area (Å²) in [6.07, 6.45) is 3.30. The van der Waals surface area contributed by atoms with Crippen molar-refractivity contribution in [3.05, 3.63) is 60.6 Å². The molecule has 5 rings (SSSR count). The minimum atomic E-state index is -4.70. The van der Waals surface area contributed by atoms with Crippen LogP contribution < -0.4 is 14.8 Å². The Bertz CT molecular complexity index is 1070. The molecule has 2 saturated carbocycles. The second-order valence-corrected chi connectivity index (χ2v) is 8.66. The van der Waals surface area contributed by atoms with Crippen LogP contribution in [0, 0.1) is 12.3 Å². The SMILES string of the molecule is Cc1c(NC2CC3(C2)CC(Oc2ccccn2)C3)cnn1-c1ccc(OC(F)(F)F)cc1. The molecule has 0 aliphatic heterocycles. The third kappa shape index (κ3) is 4.24. The largest absolute Gasteiger partial charge is 0.573 e. The lowest BCUT2D eigenvalue weighted by molar-refractivity contribution is -0.274. The normalized spacial score (nSPS) is 24.5. The Hall–Kier alpha value is -3.23. The summed E-state index contributed by atoms with van der Waals surface area (Å²) >= 11 is 0. The zero-order valence-electron chi connectivity index (χ0n) is 17.5. The molecule has 0 amide bonds. The molecule has 2 aromatic heterocycles. The van der Waals surface area contributed by atoms with E-state index in [0.29, 0.717) is 23.0 Å². The number of pyridine rings is 1.